The summed E-state index contributed by atoms with van der Waals surface area (Å²) >= 11 is 0. The Labute approximate surface area is 317 Å². The van der Waals surface area contributed by atoms with E-state index in [1.54, 1.807) is 31.5 Å². The molecule has 2 fully saturated rings. The van der Waals surface area contributed by atoms with Crippen molar-refractivity contribution < 1.29 is 28.8 Å². The molecule has 54 heavy (non-hydrogen) atoms. The average molecular weight is 743 g/mol. The number of ketones is 2. The number of carbonyl (C=O) groups excluding carboxylic acids is 6. The molecule has 0 bridgehead atoms. The number of hydrogen-bond acceptors (Lipinski definition) is 12. The maximum Gasteiger partial charge on any atom is 0.253 e. The molecular weight excluding hydrogens is 688 g/mol. The van der Waals surface area contributed by atoms with Crippen molar-refractivity contribution in [2.45, 2.75) is 121 Å². The molecule has 2 aliphatic carbocycles. The van der Waals surface area contributed by atoms with Crippen molar-refractivity contribution in [2.75, 3.05) is 7.05 Å². The minimum absolute atomic E-state index is 0.0736. The zero-order chi connectivity index (χ0) is 38.8. The first-order valence-corrected chi connectivity index (χ1v) is 19.4. The molecule has 6 unspecified atom stereocenters. The minimum atomic E-state index is -1.49. The number of nitrogens with zero attached hydrogens (tertiary/aromatic N) is 6. The maximum atomic E-state index is 14.5. The fourth-order valence-electron chi connectivity index (χ4n) is 8.50. The normalized spacial score (nSPS) is 22.1. The molecule has 3 aliphatic rings. The molecule has 0 radical (unpaired) electrons. The number of rotatable bonds is 16. The minimum Gasteiger partial charge on any atom is -0.320 e. The van der Waals surface area contributed by atoms with Gasteiger partial charge in [0.2, 0.25) is 11.8 Å². The topological polar surface area (TPSA) is 199 Å². The molecule has 0 saturated heterocycles. The zero-order valence-corrected chi connectivity index (χ0v) is 31.6. The standard InChI is InChI=1S/C40H54N8O6/c1-4-26(2)34(41)39(54)48(29(25-49)22-27-12-6-5-7-13-27)38(53)33-17-11-21-47(33)37(52)32(42-3)23-28-14-8-18-40(24-28,35(50)30-15-9-19-43-45-30)36(51)31-16-10-20-44-46-31/h9-11,15-16,19-21,25-29,32-34,42H,4-8,12-14,17-18,22-24,41H2,1-3H3. The molecule has 6 atom stereocenters. The third-order valence-electron chi connectivity index (χ3n) is 11.9. The highest BCUT2D eigenvalue weighted by atomic mass is 16.2. The molecule has 14 nitrogen and oxygen atoms in total. The molecule has 0 spiro atoms. The van der Waals surface area contributed by atoms with Crippen molar-refractivity contribution in [3.05, 3.63) is 60.3 Å². The molecule has 2 saturated carbocycles. The lowest BCUT2D eigenvalue weighted by Gasteiger charge is -2.39. The molecule has 0 aromatic carbocycles. The Morgan fingerprint density at radius 1 is 0.963 bits per heavy atom. The predicted octanol–water partition coefficient (Wildman–Crippen LogP) is 3.87. The lowest BCUT2D eigenvalue weighted by molar-refractivity contribution is -0.156. The van der Waals surface area contributed by atoms with Crippen LogP contribution in [-0.2, 0) is 19.2 Å². The van der Waals surface area contributed by atoms with E-state index >= 15 is 0 Å². The second kappa shape index (κ2) is 18.7. The van der Waals surface area contributed by atoms with E-state index in [1.807, 2.05) is 13.8 Å². The van der Waals surface area contributed by atoms with E-state index < -0.39 is 58.9 Å². The molecular formula is C40H54N8O6. The summed E-state index contributed by atoms with van der Waals surface area (Å²) in [6.07, 6.45) is 15.0. The summed E-state index contributed by atoms with van der Waals surface area (Å²) in [6, 6.07) is 2.45. The Morgan fingerprint density at radius 3 is 2.15 bits per heavy atom. The Balaban J connectivity index is 1.38. The number of nitrogens with two attached hydrogens (primary N) is 1. The zero-order valence-electron chi connectivity index (χ0n) is 31.6. The van der Waals surface area contributed by atoms with Gasteiger partial charge in [0.15, 0.2) is 11.6 Å². The fraction of sp³-hybridized carbons (Fsp3) is 0.600. The number of imide groups is 1. The van der Waals surface area contributed by atoms with Crippen LogP contribution in [0, 0.1) is 23.2 Å². The number of likely N-dealkylation sites (N-methyl/N-ethyl adjacent to an activating group) is 1. The van der Waals surface area contributed by atoms with Crippen LogP contribution >= 0.6 is 0 Å². The summed E-state index contributed by atoms with van der Waals surface area (Å²) in [7, 11) is 1.65. The lowest BCUT2D eigenvalue weighted by atomic mass is 9.62. The highest BCUT2D eigenvalue weighted by Gasteiger charge is 2.51. The van der Waals surface area contributed by atoms with Gasteiger partial charge in [0.05, 0.1) is 18.1 Å². The maximum absolute atomic E-state index is 14.5. The van der Waals surface area contributed by atoms with E-state index in [4.69, 9.17) is 5.73 Å². The van der Waals surface area contributed by atoms with Gasteiger partial charge < -0.3 is 20.7 Å². The summed E-state index contributed by atoms with van der Waals surface area (Å²) in [5.41, 5.74) is 5.07. The fourth-order valence-corrected chi connectivity index (χ4v) is 8.50. The second-order valence-electron chi connectivity index (χ2n) is 15.3. The Kier molecular flexibility index (Phi) is 14.0. The van der Waals surface area contributed by atoms with Gasteiger partial charge in [0, 0.05) is 18.6 Å². The number of Topliss-reactive ketones (excluding diaryl/α,β-unsaturated/α-hetero) is 2. The molecule has 2 aromatic heterocycles. The average Bonchev–Trinajstić information content (AvgIpc) is 3.72. The third-order valence-corrected chi connectivity index (χ3v) is 11.9. The number of amides is 3. The van der Waals surface area contributed by atoms with Crippen molar-refractivity contribution in [3.63, 3.8) is 0 Å². The highest BCUT2D eigenvalue weighted by Crippen LogP contribution is 2.45. The van der Waals surface area contributed by atoms with Gasteiger partial charge in [-0.2, -0.15) is 10.2 Å². The molecule has 3 amide bonds. The van der Waals surface area contributed by atoms with Crippen LogP contribution < -0.4 is 11.1 Å². The summed E-state index contributed by atoms with van der Waals surface area (Å²) in [5, 5.41) is 18.9. The van der Waals surface area contributed by atoms with Crippen LogP contribution in [0.5, 0.6) is 0 Å². The monoisotopic (exact) mass is 742 g/mol. The highest BCUT2D eigenvalue weighted by molar-refractivity contribution is 6.18. The van der Waals surface area contributed by atoms with Crippen LogP contribution in [0.25, 0.3) is 0 Å². The third kappa shape index (κ3) is 8.86. The first-order valence-electron chi connectivity index (χ1n) is 19.4. The van der Waals surface area contributed by atoms with Crippen molar-refractivity contribution >= 4 is 35.6 Å². The van der Waals surface area contributed by atoms with E-state index in [-0.39, 0.29) is 54.8 Å². The van der Waals surface area contributed by atoms with Gasteiger partial charge >= 0.3 is 0 Å². The van der Waals surface area contributed by atoms with Crippen LogP contribution in [0.15, 0.2) is 48.9 Å². The summed E-state index contributed by atoms with van der Waals surface area (Å²) in [4.78, 5) is 86.3. The Bertz CT molecular complexity index is 1620. The largest absolute Gasteiger partial charge is 0.320 e. The van der Waals surface area contributed by atoms with Gasteiger partial charge in [-0.1, -0.05) is 71.3 Å². The number of aromatic nitrogens is 4. The van der Waals surface area contributed by atoms with Crippen molar-refractivity contribution in [2.24, 2.45) is 28.9 Å². The number of carbonyl (C=O) groups is 6. The first kappa shape index (κ1) is 40.6. The van der Waals surface area contributed by atoms with Gasteiger partial charge in [-0.3, -0.25) is 28.9 Å². The van der Waals surface area contributed by atoms with E-state index in [9.17, 15) is 28.8 Å². The van der Waals surface area contributed by atoms with E-state index in [0.717, 1.165) is 37.0 Å². The number of nitrogens with one attached hydrogen (secondary N) is 1. The molecule has 1 aliphatic heterocycles. The summed E-state index contributed by atoms with van der Waals surface area (Å²) < 4.78 is 0. The van der Waals surface area contributed by atoms with Gasteiger partial charge in [-0.25, -0.2) is 0 Å². The molecule has 14 heteroatoms. The van der Waals surface area contributed by atoms with E-state index in [2.05, 4.69) is 25.7 Å². The predicted molar refractivity (Wildman–Crippen MR) is 199 cm³/mol. The van der Waals surface area contributed by atoms with Gasteiger partial charge in [-0.15, -0.1) is 10.2 Å². The first-order chi connectivity index (χ1) is 26.1. The van der Waals surface area contributed by atoms with Crippen molar-refractivity contribution in [3.8, 4) is 0 Å². The van der Waals surface area contributed by atoms with Gasteiger partial charge in [-0.05, 0) is 81.2 Å². The molecule has 5 rings (SSSR count). The van der Waals surface area contributed by atoms with Gasteiger partial charge in [0.1, 0.15) is 29.1 Å². The van der Waals surface area contributed by atoms with Gasteiger partial charge in [0.25, 0.3) is 5.91 Å². The smallest absolute Gasteiger partial charge is 0.253 e. The molecule has 3 heterocycles. The van der Waals surface area contributed by atoms with Crippen LogP contribution in [0.2, 0.25) is 0 Å². The van der Waals surface area contributed by atoms with Crippen LogP contribution in [0.3, 0.4) is 0 Å². The SMILES string of the molecule is CCC(C)C(N)C(=O)N(C(=O)C1CC=CN1C(=O)C(CC1CCCC(C(=O)c2cccnn2)(C(=O)c2cccnn2)C1)NC)C(C=O)CC1CCCCC1. The van der Waals surface area contributed by atoms with E-state index in [1.165, 1.54) is 29.4 Å². The summed E-state index contributed by atoms with van der Waals surface area (Å²) in [6.45, 7) is 3.75. The van der Waals surface area contributed by atoms with Crippen molar-refractivity contribution in [1.29, 1.82) is 0 Å². The lowest BCUT2D eigenvalue weighted by Crippen LogP contribution is -2.59. The second-order valence-corrected chi connectivity index (χ2v) is 15.3. The number of aldehydes is 1. The van der Waals surface area contributed by atoms with Crippen molar-refractivity contribution in [1.82, 2.24) is 35.5 Å². The quantitative estimate of drug-likeness (QED) is 0.143. The van der Waals surface area contributed by atoms with Crippen LogP contribution in [0.4, 0.5) is 0 Å². The number of hydrogen-bond donors (Lipinski definition) is 2. The van der Waals surface area contributed by atoms with E-state index in [0.29, 0.717) is 32.0 Å². The molecule has 290 valence electrons. The Hall–Kier alpha value is -4.56. The molecule has 3 N–H and O–H groups in total. The molecule has 2 aromatic rings. The van der Waals surface area contributed by atoms with Crippen LogP contribution in [-0.4, -0.2) is 97.0 Å². The summed E-state index contributed by atoms with van der Waals surface area (Å²) in [5.74, 6) is -2.80. The Morgan fingerprint density at radius 2 is 1.59 bits per heavy atom. The van der Waals surface area contributed by atoms with Crippen LogP contribution in [0.1, 0.15) is 118 Å².